The molecule has 0 aliphatic rings. The van der Waals surface area contributed by atoms with Crippen molar-refractivity contribution < 1.29 is 19.1 Å². The van der Waals surface area contributed by atoms with Gasteiger partial charge in [-0.2, -0.15) is 0 Å². The molecule has 0 radical (unpaired) electrons. The number of hydrogen-bond donors (Lipinski definition) is 2. The predicted octanol–water partition coefficient (Wildman–Crippen LogP) is 2.29. The van der Waals surface area contributed by atoms with Gasteiger partial charge in [0.2, 0.25) is 0 Å². The standard InChI is InChI=1S/C12H11NO4S/c14-11(15)7-8(10-4-2-6-18-10)13-12(16)9-3-1-5-17-9/h1-6,8H,7H2,(H,13,16)(H,14,15). The van der Waals surface area contributed by atoms with Gasteiger partial charge in [0.05, 0.1) is 18.7 Å². The quantitative estimate of drug-likeness (QED) is 0.869. The topological polar surface area (TPSA) is 79.5 Å². The number of aliphatic carboxylic acids is 1. The molecule has 0 aliphatic carbocycles. The molecule has 18 heavy (non-hydrogen) atoms. The maximum Gasteiger partial charge on any atom is 0.305 e. The summed E-state index contributed by atoms with van der Waals surface area (Å²) in [4.78, 5) is 23.4. The molecule has 2 aromatic heterocycles. The molecule has 1 unspecified atom stereocenters. The Balaban J connectivity index is 2.11. The van der Waals surface area contributed by atoms with Gasteiger partial charge in [-0.05, 0) is 23.6 Å². The van der Waals surface area contributed by atoms with Crippen molar-refractivity contribution in [2.24, 2.45) is 0 Å². The zero-order valence-electron chi connectivity index (χ0n) is 9.33. The van der Waals surface area contributed by atoms with E-state index in [0.29, 0.717) is 0 Å². The molecular weight excluding hydrogens is 254 g/mol. The summed E-state index contributed by atoms with van der Waals surface area (Å²) in [5.74, 6) is -1.21. The monoisotopic (exact) mass is 265 g/mol. The molecular formula is C12H11NO4S. The van der Waals surface area contributed by atoms with Crippen LogP contribution in [0.2, 0.25) is 0 Å². The number of carboxylic acids is 1. The van der Waals surface area contributed by atoms with Crippen LogP contribution >= 0.6 is 11.3 Å². The highest BCUT2D eigenvalue weighted by molar-refractivity contribution is 7.10. The van der Waals surface area contributed by atoms with Crippen LogP contribution in [-0.4, -0.2) is 17.0 Å². The Labute approximate surface area is 107 Å². The molecule has 2 aromatic rings. The lowest BCUT2D eigenvalue weighted by Crippen LogP contribution is -2.29. The van der Waals surface area contributed by atoms with Gasteiger partial charge in [0.25, 0.3) is 5.91 Å². The zero-order chi connectivity index (χ0) is 13.0. The van der Waals surface area contributed by atoms with Crippen LogP contribution in [0.25, 0.3) is 0 Å². The molecule has 2 heterocycles. The van der Waals surface area contributed by atoms with Crippen molar-refractivity contribution in [3.05, 3.63) is 46.5 Å². The third-order valence-electron chi connectivity index (χ3n) is 2.32. The van der Waals surface area contributed by atoms with Gasteiger partial charge in [0, 0.05) is 4.88 Å². The number of furan rings is 1. The first kappa shape index (κ1) is 12.4. The van der Waals surface area contributed by atoms with Crippen molar-refractivity contribution in [1.29, 1.82) is 0 Å². The molecule has 0 aromatic carbocycles. The van der Waals surface area contributed by atoms with E-state index in [9.17, 15) is 9.59 Å². The minimum atomic E-state index is -0.965. The predicted molar refractivity (Wildman–Crippen MR) is 65.5 cm³/mol. The SMILES string of the molecule is O=C(O)CC(NC(=O)c1ccco1)c1cccs1. The first-order valence-electron chi connectivity index (χ1n) is 5.26. The number of thiophene rings is 1. The molecule has 2 rings (SSSR count). The number of amides is 1. The van der Waals surface area contributed by atoms with Gasteiger partial charge in [0.15, 0.2) is 5.76 Å². The molecule has 94 valence electrons. The maximum absolute atomic E-state index is 11.8. The average Bonchev–Trinajstić information content (AvgIpc) is 3.01. The number of hydrogen-bond acceptors (Lipinski definition) is 4. The van der Waals surface area contributed by atoms with E-state index in [4.69, 9.17) is 9.52 Å². The van der Waals surface area contributed by atoms with Crippen LogP contribution in [0.3, 0.4) is 0 Å². The molecule has 2 N–H and O–H groups in total. The van der Waals surface area contributed by atoms with Crippen LogP contribution in [0, 0.1) is 0 Å². The number of carbonyl (C=O) groups excluding carboxylic acids is 1. The van der Waals surface area contributed by atoms with Crippen LogP contribution in [0.5, 0.6) is 0 Å². The van der Waals surface area contributed by atoms with Gasteiger partial charge >= 0.3 is 5.97 Å². The smallest absolute Gasteiger partial charge is 0.305 e. The summed E-state index contributed by atoms with van der Waals surface area (Å²) in [6, 6.07) is 6.20. The van der Waals surface area contributed by atoms with Crippen molar-refractivity contribution >= 4 is 23.2 Å². The van der Waals surface area contributed by atoms with Crippen LogP contribution in [0.4, 0.5) is 0 Å². The summed E-state index contributed by atoms with van der Waals surface area (Å²) in [5.41, 5.74) is 0. The van der Waals surface area contributed by atoms with Crippen molar-refractivity contribution in [3.8, 4) is 0 Å². The highest BCUT2D eigenvalue weighted by atomic mass is 32.1. The molecule has 0 fully saturated rings. The summed E-state index contributed by atoms with van der Waals surface area (Å²) in [7, 11) is 0. The van der Waals surface area contributed by atoms with E-state index < -0.39 is 17.9 Å². The van der Waals surface area contributed by atoms with Crippen LogP contribution in [0.1, 0.15) is 27.9 Å². The Morgan fingerprint density at radius 2 is 2.22 bits per heavy atom. The lowest BCUT2D eigenvalue weighted by molar-refractivity contribution is -0.137. The number of rotatable bonds is 5. The first-order chi connectivity index (χ1) is 8.66. The maximum atomic E-state index is 11.8. The van der Waals surface area contributed by atoms with Gasteiger partial charge in [-0.1, -0.05) is 6.07 Å². The highest BCUT2D eigenvalue weighted by Gasteiger charge is 2.20. The molecule has 1 amide bonds. The first-order valence-corrected chi connectivity index (χ1v) is 6.14. The fourth-order valence-electron chi connectivity index (χ4n) is 1.52. The van der Waals surface area contributed by atoms with E-state index in [2.05, 4.69) is 5.32 Å². The normalized spacial score (nSPS) is 12.0. The van der Waals surface area contributed by atoms with Crippen LogP contribution in [-0.2, 0) is 4.79 Å². The summed E-state index contributed by atoms with van der Waals surface area (Å²) in [5, 5.41) is 13.3. The molecule has 5 nitrogen and oxygen atoms in total. The Hall–Kier alpha value is -2.08. The summed E-state index contributed by atoms with van der Waals surface area (Å²) < 4.78 is 4.96. The number of carbonyl (C=O) groups is 2. The van der Waals surface area contributed by atoms with E-state index in [1.54, 1.807) is 12.1 Å². The van der Waals surface area contributed by atoms with E-state index in [-0.39, 0.29) is 12.2 Å². The lowest BCUT2D eigenvalue weighted by atomic mass is 10.1. The largest absolute Gasteiger partial charge is 0.481 e. The number of carboxylic acid groups (broad SMARTS) is 1. The fourth-order valence-corrected chi connectivity index (χ4v) is 2.30. The van der Waals surface area contributed by atoms with Crippen molar-refractivity contribution in [2.75, 3.05) is 0 Å². The highest BCUT2D eigenvalue weighted by Crippen LogP contribution is 2.22. The summed E-state index contributed by atoms with van der Waals surface area (Å²) >= 11 is 1.40. The number of nitrogens with one attached hydrogen (secondary N) is 1. The fraction of sp³-hybridized carbons (Fsp3) is 0.167. The minimum absolute atomic E-state index is 0.160. The average molecular weight is 265 g/mol. The molecule has 0 saturated heterocycles. The summed E-state index contributed by atoms with van der Waals surface area (Å²) in [6.45, 7) is 0. The molecule has 0 aliphatic heterocycles. The Morgan fingerprint density at radius 3 is 2.78 bits per heavy atom. The van der Waals surface area contributed by atoms with Gasteiger partial charge in [0.1, 0.15) is 0 Å². The molecule has 1 atom stereocenters. The van der Waals surface area contributed by atoms with E-state index >= 15 is 0 Å². The van der Waals surface area contributed by atoms with E-state index in [1.165, 1.54) is 23.7 Å². The van der Waals surface area contributed by atoms with E-state index in [1.807, 2.05) is 11.4 Å². The minimum Gasteiger partial charge on any atom is -0.481 e. The van der Waals surface area contributed by atoms with Crippen LogP contribution < -0.4 is 5.32 Å². The second-order valence-electron chi connectivity index (χ2n) is 3.62. The molecule has 0 bridgehead atoms. The molecule has 0 spiro atoms. The molecule has 0 saturated carbocycles. The Kier molecular flexibility index (Phi) is 3.78. The van der Waals surface area contributed by atoms with Crippen molar-refractivity contribution in [2.45, 2.75) is 12.5 Å². The Morgan fingerprint density at radius 1 is 1.39 bits per heavy atom. The van der Waals surface area contributed by atoms with Crippen molar-refractivity contribution in [1.82, 2.24) is 5.32 Å². The van der Waals surface area contributed by atoms with E-state index in [0.717, 1.165) is 4.88 Å². The molecule has 6 heteroatoms. The second kappa shape index (κ2) is 5.50. The van der Waals surface area contributed by atoms with Crippen LogP contribution in [0.15, 0.2) is 40.3 Å². The van der Waals surface area contributed by atoms with Gasteiger partial charge < -0.3 is 14.8 Å². The Bertz CT molecular complexity index is 518. The second-order valence-corrected chi connectivity index (χ2v) is 4.60. The third kappa shape index (κ3) is 2.98. The van der Waals surface area contributed by atoms with Gasteiger partial charge in [-0.25, -0.2) is 0 Å². The third-order valence-corrected chi connectivity index (χ3v) is 3.30. The van der Waals surface area contributed by atoms with Gasteiger partial charge in [-0.3, -0.25) is 9.59 Å². The summed E-state index contributed by atoms with van der Waals surface area (Å²) in [6.07, 6.45) is 1.24. The van der Waals surface area contributed by atoms with Crippen molar-refractivity contribution in [3.63, 3.8) is 0 Å². The van der Waals surface area contributed by atoms with Gasteiger partial charge in [-0.15, -0.1) is 11.3 Å². The lowest BCUT2D eigenvalue weighted by Gasteiger charge is -2.14. The zero-order valence-corrected chi connectivity index (χ0v) is 10.1.